The van der Waals surface area contributed by atoms with Gasteiger partial charge >= 0.3 is 0 Å². The van der Waals surface area contributed by atoms with Crippen LogP contribution in [0.5, 0.6) is 11.5 Å². The van der Waals surface area contributed by atoms with Crippen LogP contribution in [-0.2, 0) is 4.74 Å². The number of hydrogen-bond donors (Lipinski definition) is 2. The van der Waals surface area contributed by atoms with E-state index < -0.39 is 0 Å². The molecule has 0 amide bonds. The maximum absolute atomic E-state index is 13.2. The first-order valence-corrected chi connectivity index (χ1v) is 10.3. The van der Waals surface area contributed by atoms with Crippen molar-refractivity contribution < 1.29 is 18.6 Å². The van der Waals surface area contributed by atoms with E-state index in [1.807, 2.05) is 17.0 Å². The molecule has 2 N–H and O–H groups in total. The number of morpholine rings is 1. The molecule has 1 saturated heterocycles. The van der Waals surface area contributed by atoms with Crippen LogP contribution in [0.3, 0.4) is 0 Å². The molecule has 1 aliphatic heterocycles. The molecule has 0 aliphatic carbocycles. The number of anilines is 4. The van der Waals surface area contributed by atoms with Crippen LogP contribution in [0.25, 0.3) is 0 Å². The number of rotatable bonds is 8. The molecule has 2 heterocycles. The third-order valence-corrected chi connectivity index (χ3v) is 4.83. The summed E-state index contributed by atoms with van der Waals surface area (Å²) in [5.74, 6) is 2.01. The summed E-state index contributed by atoms with van der Waals surface area (Å²) in [5.41, 5.74) is 4.24. The third-order valence-electron chi connectivity index (χ3n) is 4.83. The Morgan fingerprint density at radius 1 is 1.00 bits per heavy atom. The Balaban J connectivity index is 1.57. The van der Waals surface area contributed by atoms with Crippen molar-refractivity contribution in [3.05, 3.63) is 53.8 Å². The lowest BCUT2D eigenvalue weighted by atomic mass is 10.2. The van der Waals surface area contributed by atoms with Gasteiger partial charge in [0.15, 0.2) is 0 Å². The third kappa shape index (κ3) is 5.83. The van der Waals surface area contributed by atoms with E-state index in [2.05, 4.69) is 30.8 Å². The van der Waals surface area contributed by atoms with Crippen molar-refractivity contribution in [2.75, 3.05) is 56.2 Å². The van der Waals surface area contributed by atoms with Crippen molar-refractivity contribution in [3.63, 3.8) is 0 Å². The maximum Gasteiger partial charge on any atom is 0.250 e. The van der Waals surface area contributed by atoms with E-state index in [1.54, 1.807) is 38.6 Å². The quantitative estimate of drug-likeness (QED) is 0.393. The van der Waals surface area contributed by atoms with Crippen LogP contribution in [0.1, 0.15) is 5.56 Å². The SMILES string of the molecule is COc1ccc(C=NNc2nc(Nc3ccc(F)cc3)nc(N3CCOCC3)n2)c(OC)c1. The minimum Gasteiger partial charge on any atom is -0.497 e. The van der Waals surface area contributed by atoms with Gasteiger partial charge in [0.2, 0.25) is 17.8 Å². The zero-order valence-corrected chi connectivity index (χ0v) is 18.3. The van der Waals surface area contributed by atoms with Gasteiger partial charge in [0.1, 0.15) is 17.3 Å². The molecular weight excluding hydrogens is 429 g/mol. The Morgan fingerprint density at radius 2 is 1.76 bits per heavy atom. The summed E-state index contributed by atoms with van der Waals surface area (Å²) in [7, 11) is 3.17. The van der Waals surface area contributed by atoms with Gasteiger partial charge in [0, 0.05) is 30.4 Å². The topological polar surface area (TPSA) is 106 Å². The molecule has 1 aromatic heterocycles. The normalized spacial score (nSPS) is 13.7. The van der Waals surface area contributed by atoms with Crippen molar-refractivity contribution >= 4 is 29.7 Å². The second-order valence-corrected chi connectivity index (χ2v) is 6.99. The highest BCUT2D eigenvalue weighted by Gasteiger charge is 2.17. The van der Waals surface area contributed by atoms with Crippen molar-refractivity contribution in [1.29, 1.82) is 0 Å². The van der Waals surface area contributed by atoms with E-state index in [1.165, 1.54) is 12.1 Å². The van der Waals surface area contributed by atoms with Crippen molar-refractivity contribution in [2.45, 2.75) is 0 Å². The highest BCUT2D eigenvalue weighted by molar-refractivity contribution is 5.84. The summed E-state index contributed by atoms with van der Waals surface area (Å²) in [6.07, 6.45) is 1.60. The van der Waals surface area contributed by atoms with Gasteiger partial charge in [0.05, 0.1) is 33.6 Å². The number of aromatic nitrogens is 3. The number of ether oxygens (including phenoxy) is 3. The maximum atomic E-state index is 13.2. The molecule has 4 rings (SSSR count). The molecule has 0 saturated carbocycles. The summed E-state index contributed by atoms with van der Waals surface area (Å²) in [4.78, 5) is 15.4. The minimum atomic E-state index is -0.323. The van der Waals surface area contributed by atoms with Crippen LogP contribution in [-0.4, -0.2) is 61.7 Å². The average molecular weight is 453 g/mol. The first kappa shape index (κ1) is 22.2. The molecule has 2 aromatic carbocycles. The van der Waals surface area contributed by atoms with Crippen molar-refractivity contribution in [2.24, 2.45) is 5.10 Å². The Morgan fingerprint density at radius 3 is 2.48 bits per heavy atom. The molecule has 1 fully saturated rings. The van der Waals surface area contributed by atoms with E-state index in [0.29, 0.717) is 55.4 Å². The number of nitrogens with one attached hydrogen (secondary N) is 2. The van der Waals surface area contributed by atoms with Crippen LogP contribution < -0.4 is 25.1 Å². The number of benzene rings is 2. The Hall–Kier alpha value is -3.99. The van der Waals surface area contributed by atoms with E-state index in [4.69, 9.17) is 14.2 Å². The fraction of sp³-hybridized carbons (Fsp3) is 0.273. The summed E-state index contributed by atoms with van der Waals surface area (Å²) in [5, 5.41) is 7.33. The van der Waals surface area contributed by atoms with Gasteiger partial charge in [-0.15, -0.1) is 0 Å². The second-order valence-electron chi connectivity index (χ2n) is 6.99. The van der Waals surface area contributed by atoms with Crippen LogP contribution in [0.15, 0.2) is 47.6 Å². The van der Waals surface area contributed by atoms with Gasteiger partial charge in [-0.25, -0.2) is 9.82 Å². The Bertz CT molecular complexity index is 1110. The van der Waals surface area contributed by atoms with Crippen LogP contribution in [0, 0.1) is 5.82 Å². The number of hydrazone groups is 1. The molecular formula is C22H24FN7O3. The molecule has 10 nitrogen and oxygen atoms in total. The second kappa shape index (κ2) is 10.6. The first-order valence-electron chi connectivity index (χ1n) is 10.3. The molecule has 172 valence electrons. The Kier molecular flexibility index (Phi) is 7.10. The summed E-state index contributed by atoms with van der Waals surface area (Å²) in [6, 6.07) is 11.3. The zero-order chi connectivity index (χ0) is 23.0. The van der Waals surface area contributed by atoms with E-state index in [0.717, 1.165) is 5.56 Å². The summed E-state index contributed by atoms with van der Waals surface area (Å²) < 4.78 is 29.3. The minimum absolute atomic E-state index is 0.250. The molecule has 0 atom stereocenters. The van der Waals surface area contributed by atoms with Gasteiger partial charge in [-0.2, -0.15) is 20.1 Å². The molecule has 0 bridgehead atoms. The predicted molar refractivity (Wildman–Crippen MR) is 123 cm³/mol. The molecule has 1 aliphatic rings. The fourth-order valence-electron chi connectivity index (χ4n) is 3.12. The van der Waals surface area contributed by atoms with Gasteiger partial charge in [-0.05, 0) is 36.4 Å². The lowest BCUT2D eigenvalue weighted by Crippen LogP contribution is -2.37. The Labute approximate surface area is 190 Å². The molecule has 33 heavy (non-hydrogen) atoms. The largest absolute Gasteiger partial charge is 0.497 e. The molecule has 0 spiro atoms. The number of hydrogen-bond acceptors (Lipinski definition) is 10. The van der Waals surface area contributed by atoms with Crippen LogP contribution >= 0.6 is 0 Å². The highest BCUT2D eigenvalue weighted by atomic mass is 19.1. The molecule has 0 unspecified atom stereocenters. The van der Waals surface area contributed by atoms with Gasteiger partial charge in [0.25, 0.3) is 0 Å². The van der Waals surface area contributed by atoms with Crippen molar-refractivity contribution in [1.82, 2.24) is 15.0 Å². The van der Waals surface area contributed by atoms with Gasteiger partial charge in [-0.1, -0.05) is 0 Å². The number of methoxy groups -OCH3 is 2. The van der Waals surface area contributed by atoms with Gasteiger partial charge < -0.3 is 24.4 Å². The molecule has 11 heteroatoms. The van der Waals surface area contributed by atoms with E-state index in [-0.39, 0.29) is 11.8 Å². The van der Waals surface area contributed by atoms with Crippen LogP contribution in [0.4, 0.5) is 27.9 Å². The number of nitrogens with zero attached hydrogens (tertiary/aromatic N) is 5. The van der Waals surface area contributed by atoms with Crippen LogP contribution in [0.2, 0.25) is 0 Å². The number of halogens is 1. The standard InChI is InChI=1S/C22H24FN7O3/c1-31-18-8-3-15(19(13-18)32-2)14-24-29-21-26-20(25-17-6-4-16(23)5-7-17)27-22(28-21)30-9-11-33-12-10-30/h3-8,13-14H,9-12H2,1-2H3,(H2,25,26,27,28,29). The van der Waals surface area contributed by atoms with Crippen molar-refractivity contribution in [3.8, 4) is 11.5 Å². The summed E-state index contributed by atoms with van der Waals surface area (Å²) >= 11 is 0. The molecule has 3 aromatic rings. The fourth-order valence-corrected chi connectivity index (χ4v) is 3.12. The summed E-state index contributed by atoms with van der Waals surface area (Å²) in [6.45, 7) is 2.49. The van der Waals surface area contributed by atoms with Gasteiger partial charge in [-0.3, -0.25) is 0 Å². The average Bonchev–Trinajstić information content (AvgIpc) is 2.86. The zero-order valence-electron chi connectivity index (χ0n) is 18.3. The predicted octanol–water partition coefficient (Wildman–Crippen LogP) is 3.05. The van der Waals surface area contributed by atoms with E-state index >= 15 is 0 Å². The van der Waals surface area contributed by atoms with E-state index in [9.17, 15) is 4.39 Å². The lowest BCUT2D eigenvalue weighted by Gasteiger charge is -2.27. The first-order chi connectivity index (χ1) is 16.1. The molecule has 0 radical (unpaired) electrons. The monoisotopic (exact) mass is 453 g/mol. The highest BCUT2D eigenvalue weighted by Crippen LogP contribution is 2.23. The smallest absolute Gasteiger partial charge is 0.250 e. The lowest BCUT2D eigenvalue weighted by molar-refractivity contribution is 0.122.